The third-order valence-electron chi connectivity index (χ3n) is 3.21. The molecule has 122 valence electrons. The number of ether oxygens (including phenoxy) is 2. The first-order valence-corrected chi connectivity index (χ1v) is 8.21. The maximum absolute atomic E-state index is 12.2. The summed E-state index contributed by atoms with van der Waals surface area (Å²) in [5.41, 5.74) is 1.31. The molecular formula is C17H19NO4S. The molecular weight excluding hydrogens is 314 g/mol. The average molecular weight is 333 g/mol. The lowest BCUT2D eigenvalue weighted by Gasteiger charge is -2.08. The number of carbonyl (C=O) groups excluding carboxylic acids is 2. The minimum Gasteiger partial charge on any atom is -0.462 e. The van der Waals surface area contributed by atoms with E-state index in [2.05, 4.69) is 5.32 Å². The predicted octanol–water partition coefficient (Wildman–Crippen LogP) is 4.41. The smallest absolute Gasteiger partial charge is 0.417 e. The lowest BCUT2D eigenvalue weighted by Crippen LogP contribution is -2.18. The Morgan fingerprint density at radius 3 is 2.48 bits per heavy atom. The number of esters is 1. The zero-order chi connectivity index (χ0) is 16.8. The van der Waals surface area contributed by atoms with Gasteiger partial charge in [0.25, 0.3) is 0 Å². The molecule has 0 aliphatic carbocycles. The molecule has 0 saturated carbocycles. The van der Waals surface area contributed by atoms with Gasteiger partial charge in [0.05, 0.1) is 12.2 Å². The normalized spacial score (nSPS) is 10.2. The van der Waals surface area contributed by atoms with Crippen molar-refractivity contribution in [3.05, 3.63) is 46.3 Å². The highest BCUT2D eigenvalue weighted by Crippen LogP contribution is 2.34. The summed E-state index contributed by atoms with van der Waals surface area (Å²) in [6, 6.07) is 8.75. The summed E-state index contributed by atoms with van der Waals surface area (Å²) in [6.45, 7) is 5.91. The number of hydrogen-bond acceptors (Lipinski definition) is 5. The van der Waals surface area contributed by atoms with Crippen molar-refractivity contribution in [1.82, 2.24) is 0 Å². The Balaban J connectivity index is 2.22. The number of benzene rings is 1. The highest BCUT2D eigenvalue weighted by molar-refractivity contribution is 7.16. The van der Waals surface area contributed by atoms with Crippen molar-refractivity contribution in [2.75, 3.05) is 11.9 Å². The minimum absolute atomic E-state index is 0.283. The van der Waals surface area contributed by atoms with Crippen molar-refractivity contribution in [3.63, 3.8) is 0 Å². The molecule has 0 spiro atoms. The Bertz CT molecular complexity index is 694. The van der Waals surface area contributed by atoms with Gasteiger partial charge in [-0.25, -0.2) is 9.59 Å². The van der Waals surface area contributed by atoms with E-state index in [1.807, 2.05) is 19.9 Å². The second-order valence-corrected chi connectivity index (χ2v) is 5.97. The van der Waals surface area contributed by atoms with Gasteiger partial charge in [0.2, 0.25) is 0 Å². The van der Waals surface area contributed by atoms with Crippen LogP contribution >= 0.6 is 11.3 Å². The van der Waals surface area contributed by atoms with Gasteiger partial charge in [0, 0.05) is 4.88 Å². The molecule has 1 aromatic heterocycles. The lowest BCUT2D eigenvalue weighted by molar-refractivity contribution is 0.0527. The summed E-state index contributed by atoms with van der Waals surface area (Å²) in [5.74, 6) is 0.00962. The van der Waals surface area contributed by atoms with Crippen LogP contribution in [-0.2, 0) is 11.2 Å². The van der Waals surface area contributed by atoms with Crippen LogP contribution in [0.2, 0.25) is 0 Å². The van der Waals surface area contributed by atoms with Crippen LogP contribution in [0.15, 0.2) is 30.3 Å². The van der Waals surface area contributed by atoms with E-state index in [4.69, 9.17) is 9.47 Å². The monoisotopic (exact) mass is 333 g/mol. The molecule has 2 rings (SSSR count). The number of carbonyl (C=O) groups is 2. The third kappa shape index (κ3) is 4.10. The number of anilines is 1. The van der Waals surface area contributed by atoms with Gasteiger partial charge < -0.3 is 9.47 Å². The van der Waals surface area contributed by atoms with Crippen LogP contribution in [0.5, 0.6) is 5.75 Å². The number of amides is 1. The molecule has 0 fully saturated rings. The van der Waals surface area contributed by atoms with Gasteiger partial charge in [0.15, 0.2) is 0 Å². The number of hydrogen-bond donors (Lipinski definition) is 1. The van der Waals surface area contributed by atoms with Gasteiger partial charge in [-0.15, -0.1) is 11.3 Å². The number of nitrogens with one attached hydrogen (secondary N) is 1. The number of thiophene rings is 1. The quantitative estimate of drug-likeness (QED) is 0.823. The minimum atomic E-state index is -0.634. The Labute approximate surface area is 139 Å². The van der Waals surface area contributed by atoms with Crippen LogP contribution in [-0.4, -0.2) is 18.7 Å². The Morgan fingerprint density at radius 1 is 1.17 bits per heavy atom. The van der Waals surface area contributed by atoms with Gasteiger partial charge in [-0.05, 0) is 38.0 Å². The molecule has 0 radical (unpaired) electrons. The van der Waals surface area contributed by atoms with Crippen molar-refractivity contribution >= 4 is 28.4 Å². The topological polar surface area (TPSA) is 64.6 Å². The summed E-state index contributed by atoms with van der Waals surface area (Å²) in [6.07, 6.45) is 0.0527. The van der Waals surface area contributed by atoms with Crippen molar-refractivity contribution < 1.29 is 19.1 Å². The van der Waals surface area contributed by atoms with Crippen LogP contribution in [0.1, 0.15) is 34.6 Å². The Kier molecular flexibility index (Phi) is 5.76. The molecule has 23 heavy (non-hydrogen) atoms. The van der Waals surface area contributed by atoms with Crippen molar-refractivity contribution in [2.24, 2.45) is 0 Å². The summed E-state index contributed by atoms with van der Waals surface area (Å²) >= 11 is 1.35. The van der Waals surface area contributed by atoms with Crippen molar-refractivity contribution in [2.45, 2.75) is 27.2 Å². The van der Waals surface area contributed by atoms with E-state index in [0.717, 1.165) is 10.4 Å². The summed E-state index contributed by atoms with van der Waals surface area (Å²) in [5, 5.41) is 3.11. The van der Waals surface area contributed by atoms with Crippen LogP contribution in [0.25, 0.3) is 0 Å². The fraction of sp³-hybridized carbons (Fsp3) is 0.294. The maximum atomic E-state index is 12.2. The molecule has 2 aromatic rings. The molecule has 6 heteroatoms. The number of rotatable bonds is 5. The highest BCUT2D eigenvalue weighted by Gasteiger charge is 2.23. The highest BCUT2D eigenvalue weighted by atomic mass is 32.1. The zero-order valence-electron chi connectivity index (χ0n) is 13.3. The lowest BCUT2D eigenvalue weighted by atomic mass is 10.1. The van der Waals surface area contributed by atoms with Crippen LogP contribution < -0.4 is 10.1 Å². The molecule has 0 saturated heterocycles. The Hall–Kier alpha value is -2.34. The SMILES string of the molecule is CCOC(=O)c1c(NC(=O)Oc2ccccc2)sc(C)c1CC. The average Bonchev–Trinajstić information content (AvgIpc) is 2.83. The first kappa shape index (κ1) is 17.0. The number of aryl methyl sites for hydroxylation is 1. The molecule has 5 nitrogen and oxygen atoms in total. The largest absolute Gasteiger partial charge is 0.462 e. The fourth-order valence-electron chi connectivity index (χ4n) is 2.23. The molecule has 0 unspecified atom stereocenters. The van der Waals surface area contributed by atoms with Crippen molar-refractivity contribution in [1.29, 1.82) is 0 Å². The van der Waals surface area contributed by atoms with Crippen molar-refractivity contribution in [3.8, 4) is 5.75 Å². The van der Waals surface area contributed by atoms with E-state index in [0.29, 0.717) is 22.7 Å². The summed E-state index contributed by atoms with van der Waals surface area (Å²) < 4.78 is 10.3. The van der Waals surface area contributed by atoms with E-state index >= 15 is 0 Å². The van der Waals surface area contributed by atoms with E-state index in [1.54, 1.807) is 31.2 Å². The molecule has 1 N–H and O–H groups in total. The predicted molar refractivity (Wildman–Crippen MR) is 90.5 cm³/mol. The van der Waals surface area contributed by atoms with Gasteiger partial charge in [-0.3, -0.25) is 5.32 Å². The first-order valence-electron chi connectivity index (χ1n) is 7.40. The third-order valence-corrected chi connectivity index (χ3v) is 4.27. The van der Waals surface area contributed by atoms with Gasteiger partial charge >= 0.3 is 12.1 Å². The first-order chi connectivity index (χ1) is 11.1. The van der Waals surface area contributed by atoms with Crippen LogP contribution in [0.4, 0.5) is 9.80 Å². The molecule has 0 bridgehead atoms. The zero-order valence-corrected chi connectivity index (χ0v) is 14.2. The van der Waals surface area contributed by atoms with Gasteiger partial charge in [-0.1, -0.05) is 25.1 Å². The van der Waals surface area contributed by atoms with Gasteiger partial charge in [0.1, 0.15) is 10.8 Å². The van der Waals surface area contributed by atoms with E-state index in [9.17, 15) is 9.59 Å². The van der Waals surface area contributed by atoms with Crippen LogP contribution in [0, 0.1) is 6.92 Å². The van der Waals surface area contributed by atoms with E-state index in [-0.39, 0.29) is 6.61 Å². The molecule has 1 heterocycles. The Morgan fingerprint density at radius 2 is 1.87 bits per heavy atom. The van der Waals surface area contributed by atoms with Gasteiger partial charge in [-0.2, -0.15) is 0 Å². The molecule has 1 amide bonds. The second kappa shape index (κ2) is 7.78. The second-order valence-electron chi connectivity index (χ2n) is 4.74. The molecule has 0 aliphatic heterocycles. The number of para-hydroxylation sites is 1. The standard InChI is InChI=1S/C17H19NO4S/c1-4-13-11(3)23-15(14(13)16(19)21-5-2)18-17(20)22-12-9-7-6-8-10-12/h6-10H,4-5H2,1-3H3,(H,18,20). The molecule has 0 aliphatic rings. The molecule has 1 aromatic carbocycles. The summed E-state index contributed by atoms with van der Waals surface area (Å²) in [7, 11) is 0. The maximum Gasteiger partial charge on any atom is 0.417 e. The summed E-state index contributed by atoms with van der Waals surface area (Å²) in [4.78, 5) is 25.2. The van der Waals surface area contributed by atoms with E-state index in [1.165, 1.54) is 11.3 Å². The van der Waals surface area contributed by atoms with E-state index < -0.39 is 12.1 Å². The molecule has 0 atom stereocenters. The van der Waals surface area contributed by atoms with Crippen LogP contribution in [0.3, 0.4) is 0 Å². The fourth-order valence-corrected chi connectivity index (χ4v) is 3.34.